The highest BCUT2D eigenvalue weighted by molar-refractivity contribution is 7.82. The van der Waals surface area contributed by atoms with Crippen molar-refractivity contribution in [1.82, 2.24) is 68.8 Å². The second-order valence-electron chi connectivity index (χ2n) is 29.7. The molecule has 0 unspecified atom stereocenters. The maximum atomic E-state index is 15.4. The van der Waals surface area contributed by atoms with Crippen molar-refractivity contribution >= 4 is 147 Å². The Morgan fingerprint density at radius 3 is 1.50 bits per heavy atom. The van der Waals surface area contributed by atoms with Gasteiger partial charge >= 0.3 is 5.97 Å². The van der Waals surface area contributed by atoms with Crippen LogP contribution >= 0.6 is 25.3 Å². The number of carboxylic acids is 1. The highest BCUT2D eigenvalue weighted by Gasteiger charge is 2.44. The number of phenols is 1. The molecule has 0 spiro atoms. The Labute approximate surface area is 684 Å². The monoisotopic (exact) mass is 1670 g/mol. The summed E-state index contributed by atoms with van der Waals surface area (Å²) in [6, 6.07) is 7.17. The van der Waals surface area contributed by atoms with Gasteiger partial charge in [-0.05, 0) is 132 Å². The molecule has 12 atom stereocenters. The average Bonchev–Trinajstić information content (AvgIpc) is 1.80. The van der Waals surface area contributed by atoms with Gasteiger partial charge in [-0.15, -0.1) is 0 Å². The third-order valence-electron chi connectivity index (χ3n) is 18.7. The maximum absolute atomic E-state index is 15.4. The predicted molar refractivity (Wildman–Crippen MR) is 433 cm³/mol. The molecule has 0 aliphatic carbocycles. The Morgan fingerprint density at radius 2 is 0.949 bits per heavy atom. The first-order valence-electron chi connectivity index (χ1n) is 37.4. The number of carbonyl (C=O) groups is 17. The average molecular weight is 1670 g/mol. The van der Waals surface area contributed by atoms with Crippen molar-refractivity contribution in [3.63, 3.8) is 0 Å². The minimum absolute atomic E-state index is 0.0938. The summed E-state index contributed by atoms with van der Waals surface area (Å²) in [5.41, 5.74) is 27.1. The predicted octanol–water partition coefficient (Wildman–Crippen LogP) is -3.40. The number of fused-ring (bicyclic) bond motifs is 2. The number of primary amides is 4. The highest BCUT2D eigenvalue weighted by atomic mass is 32.1. The summed E-state index contributed by atoms with van der Waals surface area (Å²) < 4.78 is -2.86. The van der Waals surface area contributed by atoms with Gasteiger partial charge in [0, 0.05) is 72.0 Å². The van der Waals surface area contributed by atoms with E-state index < -0.39 is 240 Å². The molecule has 5 rings (SSSR count). The molecule has 0 bridgehead atoms. The summed E-state index contributed by atoms with van der Waals surface area (Å²) >= 11 is 9.13. The van der Waals surface area contributed by atoms with Gasteiger partial charge in [0.05, 0.1) is 19.1 Å². The number of phenolic OH excluding ortho intramolecular Hbond substituents is 1. The summed E-state index contributed by atoms with van der Waals surface area (Å²) in [6.45, 7) is 8.69. The Kier molecular flexibility index (Phi) is 36.2. The summed E-state index contributed by atoms with van der Waals surface area (Å²) in [4.78, 5) is 236. The molecule has 0 aliphatic rings. The van der Waals surface area contributed by atoms with Crippen LogP contribution in [0.25, 0.3) is 21.7 Å². The Bertz CT molecular complexity index is 4460. The van der Waals surface area contributed by atoms with E-state index in [2.05, 4.69) is 81.4 Å². The molecule has 26 N–H and O–H groups in total. The number of carboxylic acid groups (broad SMARTS) is 1. The highest BCUT2D eigenvalue weighted by Crippen LogP contribution is 2.25. The van der Waals surface area contributed by atoms with Crippen molar-refractivity contribution in [3.05, 3.63) is 114 Å². The first-order chi connectivity index (χ1) is 54.8. The SMILES string of the molecule is CC(=O)N[C@H](C(=O)N[C@@H](CCC(N)=O)C(=O)N[C@H](C(=O)N[C@@H](Cc1c[nH]c2ccccc12)C(=O)N[C@@H](CCC(N)=O)C(=O)N[C@H](C(=O)N[C@@H](Cc1ccc(O)cc1)C(=O)N[C@@H](Cc1ccc2ccccc2c1)C(=O)N[C@@](C)(CCCCN)C(=O)N[C@@H](CCC(=O)O)C(=O)N[C@@H](CC(N)=O)C(=O)NCC(N)=O)C(C)(C)S)[C@@H](C)O)C(C)(C)S. The molecule has 117 heavy (non-hydrogen) atoms. The number of aliphatic carboxylic acids is 1. The van der Waals surface area contributed by atoms with Crippen LogP contribution in [0.15, 0.2) is 97.2 Å². The number of aromatic amines is 1. The largest absolute Gasteiger partial charge is 0.508 e. The van der Waals surface area contributed by atoms with Gasteiger partial charge in [0.2, 0.25) is 94.5 Å². The summed E-state index contributed by atoms with van der Waals surface area (Å²) in [7, 11) is 0. The number of hydrogen-bond donors (Lipinski definition) is 23. The van der Waals surface area contributed by atoms with Crippen LogP contribution in [0.3, 0.4) is 0 Å². The fourth-order valence-electron chi connectivity index (χ4n) is 12.3. The normalized spacial score (nSPS) is 14.8. The molecule has 0 aliphatic heterocycles. The number of aliphatic hydroxyl groups excluding tert-OH is 1. The molecule has 0 saturated carbocycles. The van der Waals surface area contributed by atoms with E-state index in [0.717, 1.165) is 19.2 Å². The summed E-state index contributed by atoms with van der Waals surface area (Å²) in [5, 5.41) is 63.1. The number of aromatic nitrogens is 1. The number of rotatable bonds is 48. The minimum atomic E-state index is -2.08. The first kappa shape index (κ1) is 95.7. The van der Waals surface area contributed by atoms with Crippen LogP contribution in [0.5, 0.6) is 5.75 Å². The number of unbranched alkanes of at least 4 members (excludes halogenated alkanes) is 1. The van der Waals surface area contributed by atoms with E-state index >= 15 is 24.0 Å². The minimum Gasteiger partial charge on any atom is -0.508 e. The van der Waals surface area contributed by atoms with E-state index in [1.54, 1.807) is 60.7 Å². The summed E-state index contributed by atoms with van der Waals surface area (Å²) in [6.07, 6.45) is -5.51. The zero-order valence-electron chi connectivity index (χ0n) is 65.8. The van der Waals surface area contributed by atoms with Crippen molar-refractivity contribution < 1.29 is 96.8 Å². The van der Waals surface area contributed by atoms with E-state index in [-0.39, 0.29) is 44.4 Å². The number of hydrogen-bond acceptors (Lipinski definition) is 22. The van der Waals surface area contributed by atoms with Crippen LogP contribution in [0.4, 0.5) is 0 Å². The van der Waals surface area contributed by atoms with Gasteiger partial charge in [0.15, 0.2) is 0 Å². The number of para-hydroxylation sites is 1. The Hall–Kier alpha value is -11.9. The molecule has 636 valence electrons. The maximum Gasteiger partial charge on any atom is 0.303 e. The fourth-order valence-corrected chi connectivity index (χ4v) is 12.7. The standard InChI is InChI=1S/C77H106N18O20S2/c1-39(96)61(93-66(107)49(24-27-56(79)99)87-72(113)62(75(3,4)116)85-40(2)97)71(112)90-54(35-45-37-83-48-17-11-10-16-47(45)48)69(110)86-50(25-28-57(80)100)67(108)94-63(76(5,6)117)73(114)91-52(33-41-19-22-46(98)23-20-41)68(109)88-53(34-42-18-21-43-14-8-9-15-44(43)32-42)70(111)95-77(7,30-12-13-31-78)74(115)92-51(26-29-60(103)104)65(106)89-55(36-58(81)101)64(105)84-38-59(82)102/h8-11,14-23,32,37,39,49-55,61-63,83,96,98,116-117H,12-13,24-31,33-36,38,78H2,1-7H3,(H2,79,99)(H2,80,100)(H2,81,101)(H2,82,102)(H,84,105)(H,85,97)(H,86,110)(H,87,113)(H,88,109)(H,89,106)(H,90,112)(H,91,114)(H,92,115)(H,93,107)(H,94,108)(H,95,111)(H,103,104)/t39-,49+,50+,51+,52+,53+,54+,55+,61+,62-,63-,77+/m1/s1. The van der Waals surface area contributed by atoms with Crippen LogP contribution in [0.2, 0.25) is 0 Å². The lowest BCUT2D eigenvalue weighted by molar-refractivity contribution is -0.140. The smallest absolute Gasteiger partial charge is 0.303 e. The van der Waals surface area contributed by atoms with E-state index in [0.29, 0.717) is 33.0 Å². The Balaban J connectivity index is 1.54. The second kappa shape index (κ2) is 44.3. The molecule has 4 aromatic carbocycles. The number of amides is 16. The van der Waals surface area contributed by atoms with Gasteiger partial charge in [0.1, 0.15) is 71.7 Å². The third-order valence-corrected chi connectivity index (χ3v) is 19.2. The zero-order chi connectivity index (χ0) is 87.4. The number of aromatic hydroxyl groups is 1. The van der Waals surface area contributed by atoms with Crippen LogP contribution in [-0.2, 0) is 101 Å². The van der Waals surface area contributed by atoms with E-state index in [4.69, 9.17) is 41.3 Å². The van der Waals surface area contributed by atoms with Crippen molar-refractivity contribution in [1.29, 1.82) is 0 Å². The van der Waals surface area contributed by atoms with Crippen molar-refractivity contribution in [2.75, 3.05) is 13.1 Å². The van der Waals surface area contributed by atoms with Crippen molar-refractivity contribution in [2.24, 2.45) is 28.7 Å². The van der Waals surface area contributed by atoms with Gasteiger partial charge in [-0.1, -0.05) is 72.8 Å². The molecular formula is C77H106N18O20S2. The zero-order valence-corrected chi connectivity index (χ0v) is 67.5. The third kappa shape index (κ3) is 31.0. The van der Waals surface area contributed by atoms with Crippen molar-refractivity contribution in [2.45, 2.75) is 213 Å². The lowest BCUT2D eigenvalue weighted by Gasteiger charge is -2.34. The van der Waals surface area contributed by atoms with Gasteiger partial charge in [-0.25, -0.2) is 0 Å². The molecule has 1 aromatic heterocycles. The number of benzene rings is 4. The van der Waals surface area contributed by atoms with E-state index in [1.807, 2.05) is 6.07 Å². The molecule has 0 saturated heterocycles. The van der Waals surface area contributed by atoms with Gasteiger partial charge in [0.25, 0.3) is 0 Å². The summed E-state index contributed by atoms with van der Waals surface area (Å²) in [5.74, 6) is -18.4. The molecule has 40 heteroatoms. The van der Waals surface area contributed by atoms with Crippen molar-refractivity contribution in [3.8, 4) is 5.75 Å². The molecule has 0 fully saturated rings. The molecule has 0 radical (unpaired) electrons. The van der Waals surface area contributed by atoms with Gasteiger partial charge < -0.3 is 113 Å². The fraction of sp³-hybridized carbons (Fsp3) is 0.468. The topological polar surface area (TPSA) is 641 Å². The molecule has 16 amide bonds. The van der Waals surface area contributed by atoms with E-state index in [9.17, 15) is 72.9 Å². The second-order valence-corrected chi connectivity index (χ2v) is 32.0. The molecule has 38 nitrogen and oxygen atoms in total. The lowest BCUT2D eigenvalue weighted by atomic mass is 9.91. The van der Waals surface area contributed by atoms with E-state index in [1.165, 1.54) is 65.1 Å². The number of nitrogens with two attached hydrogens (primary N) is 5. The Morgan fingerprint density at radius 1 is 0.479 bits per heavy atom. The molecule has 1 heterocycles. The van der Waals surface area contributed by atoms with Crippen LogP contribution in [0, 0.1) is 0 Å². The van der Waals surface area contributed by atoms with Crippen LogP contribution < -0.4 is 92.5 Å². The number of aliphatic hydroxyl groups is 1. The molecule has 5 aromatic rings. The van der Waals surface area contributed by atoms with Crippen LogP contribution in [0.1, 0.15) is 129 Å². The van der Waals surface area contributed by atoms with Gasteiger partial charge in [-0.3, -0.25) is 81.5 Å². The van der Waals surface area contributed by atoms with Crippen LogP contribution in [-0.4, -0.2) is 215 Å². The molecular weight excluding hydrogens is 1560 g/mol. The number of nitrogens with one attached hydrogen (secondary N) is 13. The number of thiol groups is 2. The lowest BCUT2D eigenvalue weighted by Crippen LogP contribution is -2.65. The first-order valence-corrected chi connectivity index (χ1v) is 38.3. The van der Waals surface area contributed by atoms with Gasteiger partial charge in [-0.2, -0.15) is 25.3 Å². The quantitative estimate of drug-likeness (QED) is 0.0133. The number of carbonyl (C=O) groups excluding carboxylic acids is 16. The number of H-pyrrole nitrogens is 1.